The number of carbonyl (C=O) groups is 1. The summed E-state index contributed by atoms with van der Waals surface area (Å²) in [4.78, 5) is 12.0. The molecule has 0 saturated carbocycles. The van der Waals surface area contributed by atoms with Crippen LogP contribution < -0.4 is 9.04 Å². The summed E-state index contributed by atoms with van der Waals surface area (Å²) in [6.45, 7) is 2.66. The molecule has 0 aromatic heterocycles. The van der Waals surface area contributed by atoms with E-state index in [9.17, 15) is 13.2 Å². The van der Waals surface area contributed by atoms with Gasteiger partial charge in [0.1, 0.15) is 5.75 Å². The minimum atomic E-state index is -3.83. The largest absolute Gasteiger partial charge is 0.494 e. The molecule has 2 rings (SSSR count). The third-order valence-electron chi connectivity index (χ3n) is 4.17. The van der Waals surface area contributed by atoms with Crippen LogP contribution in [0.15, 0.2) is 47.4 Å². The number of ether oxygens (including phenoxy) is 2. The van der Waals surface area contributed by atoms with Gasteiger partial charge in [0.2, 0.25) is 0 Å². The minimum absolute atomic E-state index is 0.119. The van der Waals surface area contributed by atoms with Crippen LogP contribution in [0.25, 0.3) is 0 Å². The van der Waals surface area contributed by atoms with Gasteiger partial charge in [0.25, 0.3) is 10.0 Å². The molecule has 0 saturated heterocycles. The van der Waals surface area contributed by atoms with Crippen LogP contribution in [0.3, 0.4) is 0 Å². The van der Waals surface area contributed by atoms with Gasteiger partial charge in [0.15, 0.2) is 0 Å². The highest BCUT2D eigenvalue weighted by atomic mass is 35.5. The monoisotopic (exact) mass is 425 g/mol. The highest BCUT2D eigenvalue weighted by Gasteiger charge is 2.23. The van der Waals surface area contributed by atoms with E-state index in [1.54, 1.807) is 24.3 Å². The van der Waals surface area contributed by atoms with Gasteiger partial charge in [-0.3, -0.25) is 4.31 Å². The second kappa shape index (κ2) is 9.80. The molecule has 0 radical (unpaired) electrons. The number of anilines is 1. The van der Waals surface area contributed by atoms with Crippen molar-refractivity contribution in [1.29, 1.82) is 0 Å². The van der Waals surface area contributed by atoms with E-state index >= 15 is 0 Å². The van der Waals surface area contributed by atoms with Gasteiger partial charge in [-0.25, -0.2) is 13.2 Å². The molecule has 152 valence electrons. The number of halogens is 1. The molecule has 28 heavy (non-hydrogen) atoms. The summed E-state index contributed by atoms with van der Waals surface area (Å²) in [5.41, 5.74) is 1.17. The van der Waals surface area contributed by atoms with Crippen LogP contribution in [0, 0.1) is 0 Å². The Morgan fingerprint density at radius 3 is 2.39 bits per heavy atom. The highest BCUT2D eigenvalue weighted by Crippen LogP contribution is 2.26. The number of hydrogen-bond donors (Lipinski definition) is 0. The van der Waals surface area contributed by atoms with Crippen LogP contribution in [0.5, 0.6) is 5.75 Å². The normalized spacial score (nSPS) is 11.1. The van der Waals surface area contributed by atoms with Gasteiger partial charge in [0, 0.05) is 12.9 Å². The number of alkyl halides is 1. The van der Waals surface area contributed by atoms with Crippen molar-refractivity contribution in [3.05, 3.63) is 53.6 Å². The number of benzene rings is 2. The first-order valence-electron chi connectivity index (χ1n) is 8.83. The van der Waals surface area contributed by atoms with Gasteiger partial charge < -0.3 is 9.47 Å². The van der Waals surface area contributed by atoms with Crippen molar-refractivity contribution < 1.29 is 22.7 Å². The Kier molecular flexibility index (Phi) is 7.71. The molecule has 6 nitrogen and oxygen atoms in total. The molecule has 0 spiro atoms. The van der Waals surface area contributed by atoms with E-state index in [1.165, 1.54) is 32.4 Å². The van der Waals surface area contributed by atoms with Crippen molar-refractivity contribution in [2.75, 3.05) is 25.1 Å². The molecule has 0 amide bonds. The molecule has 0 heterocycles. The number of hydrogen-bond acceptors (Lipinski definition) is 5. The molecule has 0 N–H and O–H groups in total. The predicted octanol–water partition coefficient (Wildman–Crippen LogP) is 4.22. The Balaban J connectivity index is 2.31. The molecule has 0 bridgehead atoms. The van der Waals surface area contributed by atoms with Gasteiger partial charge >= 0.3 is 5.97 Å². The summed E-state index contributed by atoms with van der Waals surface area (Å²) in [7, 11) is -1.14. The molecule has 2 aromatic rings. The Labute approximate surface area is 171 Å². The van der Waals surface area contributed by atoms with Crippen molar-refractivity contribution in [2.24, 2.45) is 0 Å². The molecule has 0 atom stereocenters. The second-order valence-corrected chi connectivity index (χ2v) is 8.40. The van der Waals surface area contributed by atoms with Crippen LogP contribution >= 0.6 is 11.6 Å². The number of nitrogens with zero attached hydrogens (tertiary/aromatic N) is 1. The number of methoxy groups -OCH3 is 1. The van der Waals surface area contributed by atoms with Gasteiger partial charge in [-0.2, -0.15) is 0 Å². The van der Waals surface area contributed by atoms with Crippen LogP contribution in [0.1, 0.15) is 35.7 Å². The highest BCUT2D eigenvalue weighted by molar-refractivity contribution is 7.92. The second-order valence-electron chi connectivity index (χ2n) is 6.16. The molecule has 0 aliphatic heterocycles. The van der Waals surface area contributed by atoms with Crippen LogP contribution in [-0.2, 0) is 20.6 Å². The van der Waals surface area contributed by atoms with Crippen molar-refractivity contribution in [3.8, 4) is 5.75 Å². The lowest BCUT2D eigenvalue weighted by Gasteiger charge is -2.21. The first-order chi connectivity index (χ1) is 13.3. The summed E-state index contributed by atoms with van der Waals surface area (Å²) in [5.74, 6) is 0.190. The topological polar surface area (TPSA) is 72.9 Å². The van der Waals surface area contributed by atoms with Crippen LogP contribution in [0.4, 0.5) is 5.69 Å². The van der Waals surface area contributed by atoms with E-state index in [-0.39, 0.29) is 16.3 Å². The number of rotatable bonds is 9. The average Bonchev–Trinajstić information content (AvgIpc) is 2.72. The van der Waals surface area contributed by atoms with Crippen molar-refractivity contribution in [3.63, 3.8) is 0 Å². The summed E-state index contributed by atoms with van der Waals surface area (Å²) in [6.07, 6.45) is 1.95. The molecule has 0 fully saturated rings. The summed E-state index contributed by atoms with van der Waals surface area (Å²) >= 11 is 5.89. The third-order valence-corrected chi connectivity index (χ3v) is 6.27. The van der Waals surface area contributed by atoms with E-state index in [1.807, 2.05) is 0 Å². The maximum atomic E-state index is 13.0. The molecule has 0 unspecified atom stereocenters. The quantitative estimate of drug-likeness (QED) is 0.341. The first-order valence-corrected chi connectivity index (χ1v) is 10.8. The van der Waals surface area contributed by atoms with Gasteiger partial charge in [0.05, 0.1) is 29.9 Å². The summed E-state index contributed by atoms with van der Waals surface area (Å²) < 4.78 is 37.4. The first kappa shape index (κ1) is 22.0. The SMILES string of the molecule is CCCCOc1ccc(S(=O)(=O)N(C)c2cc(CCl)cc(C(=O)OC)c2)cc1. The maximum absolute atomic E-state index is 13.0. The smallest absolute Gasteiger partial charge is 0.337 e. The Morgan fingerprint density at radius 1 is 1.14 bits per heavy atom. The predicted molar refractivity (Wildman–Crippen MR) is 110 cm³/mol. The fourth-order valence-corrected chi connectivity index (χ4v) is 3.84. The zero-order valence-corrected chi connectivity index (χ0v) is 17.7. The molecule has 0 aliphatic rings. The van der Waals surface area contributed by atoms with E-state index < -0.39 is 16.0 Å². The Bertz CT molecular complexity index is 913. The van der Waals surface area contributed by atoms with Gasteiger partial charge in [-0.1, -0.05) is 13.3 Å². The van der Waals surface area contributed by atoms with E-state index in [4.69, 9.17) is 21.1 Å². The number of esters is 1. The van der Waals surface area contributed by atoms with E-state index in [0.717, 1.165) is 17.1 Å². The standard InChI is InChI=1S/C20H24ClNO5S/c1-4-5-10-27-18-6-8-19(9-7-18)28(24,25)22(2)17-12-15(14-21)11-16(13-17)20(23)26-3/h6-9,11-13H,4-5,10,14H2,1-3H3. The van der Waals surface area contributed by atoms with Crippen LogP contribution in [-0.4, -0.2) is 35.2 Å². The average molecular weight is 426 g/mol. The molecular formula is C20H24ClNO5S. The van der Waals surface area contributed by atoms with E-state index in [0.29, 0.717) is 23.6 Å². The zero-order chi connectivity index (χ0) is 20.7. The molecular weight excluding hydrogens is 402 g/mol. The lowest BCUT2D eigenvalue weighted by Crippen LogP contribution is -2.27. The Hall–Kier alpha value is -2.25. The number of sulfonamides is 1. The van der Waals surface area contributed by atoms with E-state index in [2.05, 4.69) is 6.92 Å². The summed E-state index contributed by atoms with van der Waals surface area (Å²) in [5, 5.41) is 0. The lowest BCUT2D eigenvalue weighted by atomic mass is 10.1. The van der Waals surface area contributed by atoms with Gasteiger partial charge in [-0.15, -0.1) is 11.6 Å². The summed E-state index contributed by atoms with van der Waals surface area (Å²) in [6, 6.07) is 10.9. The molecule has 0 aliphatic carbocycles. The maximum Gasteiger partial charge on any atom is 0.337 e. The van der Waals surface area contributed by atoms with Crippen LogP contribution in [0.2, 0.25) is 0 Å². The van der Waals surface area contributed by atoms with Crippen molar-refractivity contribution in [2.45, 2.75) is 30.5 Å². The van der Waals surface area contributed by atoms with Crippen molar-refractivity contribution >= 4 is 33.3 Å². The molecule has 2 aromatic carbocycles. The number of unbranched alkanes of at least 4 members (excludes halogenated alkanes) is 1. The van der Waals surface area contributed by atoms with Crippen molar-refractivity contribution in [1.82, 2.24) is 0 Å². The fraction of sp³-hybridized carbons (Fsp3) is 0.350. The minimum Gasteiger partial charge on any atom is -0.494 e. The zero-order valence-electron chi connectivity index (χ0n) is 16.1. The number of carbonyl (C=O) groups excluding carboxylic acids is 1. The lowest BCUT2D eigenvalue weighted by molar-refractivity contribution is 0.0600. The fourth-order valence-electron chi connectivity index (χ4n) is 2.51. The third kappa shape index (κ3) is 5.17. The Morgan fingerprint density at radius 2 is 1.82 bits per heavy atom. The van der Waals surface area contributed by atoms with Gasteiger partial charge in [-0.05, 0) is 54.4 Å². The molecule has 8 heteroatoms.